The predicted molar refractivity (Wildman–Crippen MR) is 85.8 cm³/mol. The number of nitrogens with zero attached hydrogens (tertiary/aromatic N) is 2. The summed E-state index contributed by atoms with van der Waals surface area (Å²) in [7, 11) is 3.03. The molecule has 0 aliphatic carbocycles. The number of rotatable bonds is 5. The van der Waals surface area contributed by atoms with Crippen LogP contribution in [0.5, 0.6) is 11.5 Å². The predicted octanol–water partition coefficient (Wildman–Crippen LogP) is 2.34. The zero-order valence-corrected chi connectivity index (χ0v) is 12.7. The van der Waals surface area contributed by atoms with E-state index < -0.39 is 0 Å². The molecule has 0 heterocycles. The molecule has 0 fully saturated rings. The van der Waals surface area contributed by atoms with Crippen molar-refractivity contribution >= 4 is 12.1 Å². The van der Waals surface area contributed by atoms with Crippen molar-refractivity contribution in [1.29, 1.82) is 5.26 Å². The molecule has 2 rings (SSSR count). The van der Waals surface area contributed by atoms with Gasteiger partial charge in [-0.05, 0) is 35.9 Å². The van der Waals surface area contributed by atoms with Crippen LogP contribution < -0.4 is 14.9 Å². The molecule has 23 heavy (non-hydrogen) atoms. The van der Waals surface area contributed by atoms with E-state index in [1.54, 1.807) is 42.5 Å². The maximum absolute atomic E-state index is 12.0. The van der Waals surface area contributed by atoms with E-state index in [0.29, 0.717) is 22.6 Å². The molecule has 0 aliphatic heterocycles. The van der Waals surface area contributed by atoms with Gasteiger partial charge in [0.25, 0.3) is 5.91 Å². The van der Waals surface area contributed by atoms with E-state index in [2.05, 4.69) is 10.5 Å². The quantitative estimate of drug-likeness (QED) is 0.678. The first kappa shape index (κ1) is 16.0. The Balaban J connectivity index is 2.04. The van der Waals surface area contributed by atoms with Crippen molar-refractivity contribution in [1.82, 2.24) is 5.43 Å². The zero-order valence-electron chi connectivity index (χ0n) is 12.7. The third-order valence-corrected chi connectivity index (χ3v) is 3.07. The molecule has 6 heteroatoms. The van der Waals surface area contributed by atoms with Crippen LogP contribution in [-0.4, -0.2) is 26.3 Å². The standard InChI is InChI=1S/C17H15N3O3/c1-22-15-8-7-14(9-16(15)23-2)17(21)20-19-11-13-5-3-12(10-18)4-6-13/h3-9,11H,1-2H3,(H,20,21)/b19-11+. The third kappa shape index (κ3) is 4.08. The fraction of sp³-hybridized carbons (Fsp3) is 0.118. The normalized spacial score (nSPS) is 10.1. The number of nitriles is 1. The lowest BCUT2D eigenvalue weighted by Gasteiger charge is -2.08. The SMILES string of the molecule is COc1ccc(C(=O)N/N=C/c2ccc(C#N)cc2)cc1OC. The van der Waals surface area contributed by atoms with Crippen molar-refractivity contribution in [2.75, 3.05) is 14.2 Å². The van der Waals surface area contributed by atoms with Crippen LogP contribution in [0, 0.1) is 11.3 Å². The molecule has 0 bridgehead atoms. The molecule has 0 saturated carbocycles. The Kier molecular flexibility index (Phi) is 5.31. The highest BCUT2D eigenvalue weighted by Crippen LogP contribution is 2.27. The van der Waals surface area contributed by atoms with Gasteiger partial charge in [0.2, 0.25) is 0 Å². The molecule has 0 aliphatic rings. The zero-order chi connectivity index (χ0) is 16.7. The number of carbonyl (C=O) groups excluding carboxylic acids is 1. The van der Waals surface area contributed by atoms with Crippen LogP contribution >= 0.6 is 0 Å². The molecule has 0 atom stereocenters. The van der Waals surface area contributed by atoms with Crippen LogP contribution in [-0.2, 0) is 0 Å². The average Bonchev–Trinajstić information content (AvgIpc) is 2.61. The van der Waals surface area contributed by atoms with E-state index in [4.69, 9.17) is 14.7 Å². The highest BCUT2D eigenvalue weighted by atomic mass is 16.5. The van der Waals surface area contributed by atoms with Crippen molar-refractivity contribution in [3.8, 4) is 17.6 Å². The Hall–Kier alpha value is -3.33. The highest BCUT2D eigenvalue weighted by Gasteiger charge is 2.09. The maximum Gasteiger partial charge on any atom is 0.271 e. The van der Waals surface area contributed by atoms with Gasteiger partial charge >= 0.3 is 0 Å². The van der Waals surface area contributed by atoms with Crippen LogP contribution in [0.4, 0.5) is 0 Å². The van der Waals surface area contributed by atoms with Crippen LogP contribution in [0.25, 0.3) is 0 Å². The van der Waals surface area contributed by atoms with Gasteiger partial charge in [-0.3, -0.25) is 4.79 Å². The fourth-order valence-corrected chi connectivity index (χ4v) is 1.85. The van der Waals surface area contributed by atoms with Crippen molar-refractivity contribution in [2.24, 2.45) is 5.10 Å². The molecule has 0 aromatic heterocycles. The summed E-state index contributed by atoms with van der Waals surface area (Å²) in [5.74, 6) is 0.650. The second kappa shape index (κ2) is 7.61. The summed E-state index contributed by atoms with van der Waals surface area (Å²) in [5, 5.41) is 12.6. The molecule has 2 aromatic carbocycles. The molecular formula is C17H15N3O3. The molecule has 0 saturated heterocycles. The lowest BCUT2D eigenvalue weighted by molar-refractivity contribution is 0.0954. The van der Waals surface area contributed by atoms with E-state index in [1.807, 2.05) is 6.07 Å². The Labute approximate surface area is 134 Å². The summed E-state index contributed by atoms with van der Waals surface area (Å²) in [6.07, 6.45) is 1.50. The number of amides is 1. The van der Waals surface area contributed by atoms with Gasteiger partial charge in [-0.25, -0.2) is 5.43 Å². The van der Waals surface area contributed by atoms with Gasteiger partial charge in [0.15, 0.2) is 11.5 Å². The Morgan fingerprint density at radius 2 is 1.83 bits per heavy atom. The average molecular weight is 309 g/mol. The van der Waals surface area contributed by atoms with Gasteiger partial charge in [-0.15, -0.1) is 0 Å². The summed E-state index contributed by atoms with van der Waals surface area (Å²) in [6, 6.07) is 13.7. The number of ether oxygens (including phenoxy) is 2. The Morgan fingerprint density at radius 3 is 2.43 bits per heavy atom. The topological polar surface area (TPSA) is 83.7 Å². The lowest BCUT2D eigenvalue weighted by atomic mass is 10.2. The van der Waals surface area contributed by atoms with Gasteiger partial charge in [-0.2, -0.15) is 10.4 Å². The van der Waals surface area contributed by atoms with Crippen LogP contribution in [0.1, 0.15) is 21.5 Å². The Morgan fingerprint density at radius 1 is 1.13 bits per heavy atom. The molecule has 116 valence electrons. The van der Waals surface area contributed by atoms with Crippen LogP contribution in [0.2, 0.25) is 0 Å². The minimum absolute atomic E-state index is 0.365. The second-order valence-electron chi connectivity index (χ2n) is 4.50. The first-order valence-corrected chi connectivity index (χ1v) is 6.73. The van der Waals surface area contributed by atoms with E-state index >= 15 is 0 Å². The van der Waals surface area contributed by atoms with Gasteiger partial charge in [0.05, 0.1) is 32.1 Å². The van der Waals surface area contributed by atoms with Gasteiger partial charge in [0, 0.05) is 5.56 Å². The molecule has 0 unspecified atom stereocenters. The van der Waals surface area contributed by atoms with Crippen molar-refractivity contribution in [2.45, 2.75) is 0 Å². The number of benzene rings is 2. The van der Waals surface area contributed by atoms with Crippen molar-refractivity contribution in [3.63, 3.8) is 0 Å². The second-order valence-corrected chi connectivity index (χ2v) is 4.50. The Bertz CT molecular complexity index is 762. The number of carbonyl (C=O) groups is 1. The number of nitrogens with one attached hydrogen (secondary N) is 1. The summed E-state index contributed by atoms with van der Waals surface area (Å²) >= 11 is 0. The summed E-state index contributed by atoms with van der Waals surface area (Å²) in [4.78, 5) is 12.0. The van der Waals surface area contributed by atoms with Crippen molar-refractivity contribution in [3.05, 3.63) is 59.2 Å². The van der Waals surface area contributed by atoms with E-state index in [1.165, 1.54) is 20.4 Å². The van der Waals surface area contributed by atoms with Crippen molar-refractivity contribution < 1.29 is 14.3 Å². The molecule has 1 amide bonds. The van der Waals surface area contributed by atoms with E-state index in [0.717, 1.165) is 5.56 Å². The van der Waals surface area contributed by atoms with Gasteiger partial charge in [-0.1, -0.05) is 12.1 Å². The van der Waals surface area contributed by atoms with Crippen LogP contribution in [0.15, 0.2) is 47.6 Å². The molecule has 2 aromatic rings. The minimum Gasteiger partial charge on any atom is -0.493 e. The number of hydrazone groups is 1. The highest BCUT2D eigenvalue weighted by molar-refractivity contribution is 5.95. The van der Waals surface area contributed by atoms with E-state index in [-0.39, 0.29) is 5.91 Å². The van der Waals surface area contributed by atoms with Gasteiger partial charge in [0.1, 0.15) is 0 Å². The first-order chi connectivity index (χ1) is 11.2. The summed E-state index contributed by atoms with van der Waals surface area (Å²) in [5.41, 5.74) is 4.18. The van der Waals surface area contributed by atoms with E-state index in [9.17, 15) is 4.79 Å². The third-order valence-electron chi connectivity index (χ3n) is 3.07. The van der Waals surface area contributed by atoms with Crippen LogP contribution in [0.3, 0.4) is 0 Å². The lowest BCUT2D eigenvalue weighted by Crippen LogP contribution is -2.17. The number of methoxy groups -OCH3 is 2. The number of hydrogen-bond donors (Lipinski definition) is 1. The molecule has 0 radical (unpaired) electrons. The smallest absolute Gasteiger partial charge is 0.271 e. The van der Waals surface area contributed by atoms with Gasteiger partial charge < -0.3 is 9.47 Å². The first-order valence-electron chi connectivity index (χ1n) is 6.73. The molecule has 1 N–H and O–H groups in total. The largest absolute Gasteiger partial charge is 0.493 e. The molecule has 6 nitrogen and oxygen atoms in total. The minimum atomic E-state index is -0.365. The molecule has 0 spiro atoms. The maximum atomic E-state index is 12.0. The summed E-state index contributed by atoms with van der Waals surface area (Å²) in [6.45, 7) is 0. The fourth-order valence-electron chi connectivity index (χ4n) is 1.85. The number of hydrogen-bond acceptors (Lipinski definition) is 5. The summed E-state index contributed by atoms with van der Waals surface area (Å²) < 4.78 is 10.3. The monoisotopic (exact) mass is 309 g/mol. The molecular weight excluding hydrogens is 294 g/mol.